The van der Waals surface area contributed by atoms with Crippen LogP contribution in [0.15, 0.2) is 59.5 Å². The lowest BCUT2D eigenvalue weighted by atomic mass is 9.95. The van der Waals surface area contributed by atoms with E-state index in [4.69, 9.17) is 0 Å². The van der Waals surface area contributed by atoms with E-state index in [1.54, 1.807) is 54.6 Å². The van der Waals surface area contributed by atoms with Gasteiger partial charge in [-0.2, -0.15) is 0 Å². The molecule has 136 valence electrons. The minimum atomic E-state index is -3.62. The summed E-state index contributed by atoms with van der Waals surface area (Å²) in [4.78, 5) is 12.7. The lowest BCUT2D eigenvalue weighted by Gasteiger charge is -2.22. The molecule has 26 heavy (non-hydrogen) atoms. The van der Waals surface area contributed by atoms with Gasteiger partial charge < -0.3 is 5.32 Å². The molecule has 0 unspecified atom stereocenters. The highest BCUT2D eigenvalue weighted by Crippen LogP contribution is 2.44. The van der Waals surface area contributed by atoms with Crippen LogP contribution in [0.5, 0.6) is 0 Å². The third-order valence-electron chi connectivity index (χ3n) is 5.51. The average molecular weight is 370 g/mol. The van der Waals surface area contributed by atoms with Crippen molar-refractivity contribution in [1.29, 1.82) is 0 Å². The molecule has 2 saturated carbocycles. The maximum atomic E-state index is 12.4. The summed E-state index contributed by atoms with van der Waals surface area (Å²) in [5.74, 6) is 1.32. The summed E-state index contributed by atoms with van der Waals surface area (Å²) in [7, 11) is -3.62. The fourth-order valence-corrected chi connectivity index (χ4v) is 5.26. The maximum Gasteiger partial charge on any atom is 0.261 e. The van der Waals surface area contributed by atoms with Crippen LogP contribution in [0.1, 0.15) is 36.0 Å². The smallest absolute Gasteiger partial charge is 0.261 e. The summed E-state index contributed by atoms with van der Waals surface area (Å²) in [6, 6.07) is 15.1. The summed E-state index contributed by atoms with van der Waals surface area (Å²) in [6.07, 6.45) is 4.85. The first-order valence-electron chi connectivity index (χ1n) is 9.00. The van der Waals surface area contributed by atoms with Gasteiger partial charge in [-0.1, -0.05) is 24.6 Å². The number of hydrogen-bond acceptors (Lipinski definition) is 3. The molecule has 4 rings (SSSR count). The molecule has 2 aromatic rings. The molecule has 1 amide bonds. The summed E-state index contributed by atoms with van der Waals surface area (Å²) < 4.78 is 27.2. The van der Waals surface area contributed by atoms with E-state index in [-0.39, 0.29) is 16.8 Å². The molecule has 3 atom stereocenters. The topological polar surface area (TPSA) is 75.3 Å². The second-order valence-electron chi connectivity index (χ2n) is 7.25. The van der Waals surface area contributed by atoms with Gasteiger partial charge in [0, 0.05) is 17.3 Å². The van der Waals surface area contributed by atoms with E-state index >= 15 is 0 Å². The summed E-state index contributed by atoms with van der Waals surface area (Å²) in [5, 5.41) is 3.14. The Morgan fingerprint density at radius 2 is 1.65 bits per heavy atom. The molecule has 0 aromatic heterocycles. The van der Waals surface area contributed by atoms with E-state index in [1.807, 2.05) is 0 Å². The Morgan fingerprint density at radius 1 is 0.923 bits per heavy atom. The molecule has 2 aliphatic carbocycles. The van der Waals surface area contributed by atoms with Crippen LogP contribution < -0.4 is 10.0 Å². The van der Waals surface area contributed by atoms with Crippen LogP contribution in [0.4, 0.5) is 5.69 Å². The third kappa shape index (κ3) is 3.46. The average Bonchev–Trinajstić information content (AvgIpc) is 3.26. The monoisotopic (exact) mass is 370 g/mol. The second-order valence-corrected chi connectivity index (χ2v) is 8.93. The van der Waals surface area contributed by atoms with E-state index in [1.165, 1.54) is 19.3 Å². The highest BCUT2D eigenvalue weighted by atomic mass is 32.2. The van der Waals surface area contributed by atoms with Gasteiger partial charge >= 0.3 is 0 Å². The molecule has 5 nitrogen and oxygen atoms in total. The largest absolute Gasteiger partial charge is 0.349 e. The van der Waals surface area contributed by atoms with Gasteiger partial charge in [-0.25, -0.2) is 8.42 Å². The van der Waals surface area contributed by atoms with Crippen molar-refractivity contribution in [3.05, 3.63) is 60.2 Å². The molecule has 0 radical (unpaired) electrons. The quantitative estimate of drug-likeness (QED) is 0.847. The van der Waals surface area contributed by atoms with Crippen LogP contribution in [0.25, 0.3) is 0 Å². The molecule has 0 heterocycles. The fourth-order valence-electron chi connectivity index (χ4n) is 4.18. The molecule has 2 aromatic carbocycles. The molecule has 2 N–H and O–H groups in total. The van der Waals surface area contributed by atoms with E-state index in [9.17, 15) is 13.2 Å². The van der Waals surface area contributed by atoms with Crippen LogP contribution in [0, 0.1) is 11.8 Å². The van der Waals surface area contributed by atoms with Gasteiger partial charge in [0.1, 0.15) is 0 Å². The predicted molar refractivity (Wildman–Crippen MR) is 100 cm³/mol. The molecule has 2 fully saturated rings. The van der Waals surface area contributed by atoms with Gasteiger partial charge in [0.15, 0.2) is 0 Å². The minimum absolute atomic E-state index is 0.0833. The summed E-state index contributed by atoms with van der Waals surface area (Å²) in [5.41, 5.74) is 0.987. The van der Waals surface area contributed by atoms with Crippen LogP contribution in [-0.4, -0.2) is 20.4 Å². The standard InChI is InChI=1S/C20H22N2O3S/c23-20(21-19-13-14-6-7-16(19)12-14)15-8-10-17(11-9-15)22-26(24,25)18-4-2-1-3-5-18/h1-5,8-11,14,16,19,22H,6-7,12-13H2,(H,21,23)/t14-,16+,19+/m0/s1. The number of benzene rings is 2. The molecular formula is C20H22N2O3S. The first-order valence-corrected chi connectivity index (χ1v) is 10.5. The highest BCUT2D eigenvalue weighted by Gasteiger charge is 2.40. The number of sulfonamides is 1. The lowest BCUT2D eigenvalue weighted by Crippen LogP contribution is -2.38. The summed E-state index contributed by atoms with van der Waals surface area (Å²) in [6.45, 7) is 0. The Bertz CT molecular complexity index is 894. The van der Waals surface area contributed by atoms with E-state index in [2.05, 4.69) is 10.0 Å². The van der Waals surface area contributed by atoms with Crippen molar-refractivity contribution in [1.82, 2.24) is 5.32 Å². The zero-order chi connectivity index (χ0) is 18.1. The maximum absolute atomic E-state index is 12.4. The Balaban J connectivity index is 1.41. The number of rotatable bonds is 5. The van der Waals surface area contributed by atoms with Crippen LogP contribution in [-0.2, 0) is 10.0 Å². The van der Waals surface area contributed by atoms with Crippen LogP contribution >= 0.6 is 0 Å². The van der Waals surface area contributed by atoms with E-state index in [0.29, 0.717) is 17.2 Å². The molecule has 2 aliphatic rings. The van der Waals surface area contributed by atoms with Gasteiger partial charge in [-0.3, -0.25) is 9.52 Å². The molecule has 2 bridgehead atoms. The van der Waals surface area contributed by atoms with E-state index < -0.39 is 10.0 Å². The van der Waals surface area contributed by atoms with Crippen molar-refractivity contribution < 1.29 is 13.2 Å². The van der Waals surface area contributed by atoms with Crippen molar-refractivity contribution in [3.8, 4) is 0 Å². The Labute approximate surface area is 153 Å². The Morgan fingerprint density at radius 3 is 2.27 bits per heavy atom. The van der Waals surface area contributed by atoms with Gasteiger partial charge in [0.25, 0.3) is 15.9 Å². The number of fused-ring (bicyclic) bond motifs is 2. The predicted octanol–water partition coefficient (Wildman–Crippen LogP) is 3.41. The molecule has 0 saturated heterocycles. The molecular weight excluding hydrogens is 348 g/mol. The van der Waals surface area contributed by atoms with E-state index in [0.717, 1.165) is 12.3 Å². The number of nitrogens with one attached hydrogen (secondary N) is 2. The second kappa shape index (κ2) is 6.76. The molecule has 0 aliphatic heterocycles. The highest BCUT2D eigenvalue weighted by molar-refractivity contribution is 7.92. The van der Waals surface area contributed by atoms with Crippen molar-refractivity contribution in [2.45, 2.75) is 36.6 Å². The van der Waals surface area contributed by atoms with Gasteiger partial charge in [-0.15, -0.1) is 0 Å². The number of hydrogen-bond donors (Lipinski definition) is 2. The minimum Gasteiger partial charge on any atom is -0.349 e. The van der Waals surface area contributed by atoms with Crippen LogP contribution in [0.2, 0.25) is 0 Å². The van der Waals surface area contributed by atoms with Crippen molar-refractivity contribution in [2.24, 2.45) is 11.8 Å². The van der Waals surface area contributed by atoms with Gasteiger partial charge in [0.05, 0.1) is 4.90 Å². The normalized spacial score (nSPS) is 24.4. The lowest BCUT2D eigenvalue weighted by molar-refractivity contribution is 0.0923. The Hall–Kier alpha value is -2.34. The molecule has 6 heteroatoms. The SMILES string of the molecule is O=C(N[C@@H]1C[C@H]2CC[C@@H]1C2)c1ccc(NS(=O)(=O)c2ccccc2)cc1. The third-order valence-corrected chi connectivity index (χ3v) is 6.90. The number of carbonyl (C=O) groups is 1. The van der Waals surface area contributed by atoms with Gasteiger partial charge in [-0.05, 0) is 67.5 Å². The van der Waals surface area contributed by atoms with Gasteiger partial charge in [0.2, 0.25) is 0 Å². The van der Waals surface area contributed by atoms with Crippen molar-refractivity contribution >= 4 is 21.6 Å². The zero-order valence-electron chi connectivity index (χ0n) is 14.4. The first kappa shape index (κ1) is 17.1. The molecule has 0 spiro atoms. The zero-order valence-corrected chi connectivity index (χ0v) is 15.2. The number of amides is 1. The number of carbonyl (C=O) groups excluding carboxylic acids is 1. The summed E-state index contributed by atoms with van der Waals surface area (Å²) >= 11 is 0. The fraction of sp³-hybridized carbons (Fsp3) is 0.350. The van der Waals surface area contributed by atoms with Crippen molar-refractivity contribution in [3.63, 3.8) is 0 Å². The van der Waals surface area contributed by atoms with Crippen molar-refractivity contribution in [2.75, 3.05) is 4.72 Å². The first-order chi connectivity index (χ1) is 12.5. The number of anilines is 1. The Kier molecular flexibility index (Phi) is 4.44. The van der Waals surface area contributed by atoms with Crippen LogP contribution in [0.3, 0.4) is 0 Å².